The highest BCUT2D eigenvalue weighted by Crippen LogP contribution is 2.35. The van der Waals surface area contributed by atoms with Gasteiger partial charge < -0.3 is 5.73 Å². The van der Waals surface area contributed by atoms with Crippen molar-refractivity contribution in [2.45, 2.75) is 6.54 Å². The van der Waals surface area contributed by atoms with Gasteiger partial charge in [-0.1, -0.05) is 18.2 Å². The zero-order chi connectivity index (χ0) is 15.0. The SMILES string of the molecule is CS(=O)(=O)CCn1cc(N)c(-c2cc3ccccc3s2)n1. The van der Waals surface area contributed by atoms with Gasteiger partial charge >= 0.3 is 0 Å². The van der Waals surface area contributed by atoms with Gasteiger partial charge in [0, 0.05) is 17.2 Å². The number of aryl methyl sites for hydroxylation is 1. The van der Waals surface area contributed by atoms with Crippen molar-refractivity contribution in [1.82, 2.24) is 9.78 Å². The highest BCUT2D eigenvalue weighted by atomic mass is 32.2. The van der Waals surface area contributed by atoms with Crippen molar-refractivity contribution >= 4 is 36.9 Å². The predicted octanol–water partition coefficient (Wildman–Crippen LogP) is 2.39. The maximum absolute atomic E-state index is 11.2. The van der Waals surface area contributed by atoms with Crippen LogP contribution in [-0.2, 0) is 16.4 Å². The van der Waals surface area contributed by atoms with Gasteiger partial charge in [0.25, 0.3) is 0 Å². The van der Waals surface area contributed by atoms with Gasteiger partial charge in [0.15, 0.2) is 0 Å². The van der Waals surface area contributed by atoms with Crippen LogP contribution in [0.15, 0.2) is 36.5 Å². The quantitative estimate of drug-likeness (QED) is 0.800. The van der Waals surface area contributed by atoms with E-state index < -0.39 is 9.84 Å². The number of anilines is 1. The van der Waals surface area contributed by atoms with Crippen LogP contribution in [0.1, 0.15) is 0 Å². The molecule has 2 N–H and O–H groups in total. The summed E-state index contributed by atoms with van der Waals surface area (Å²) in [7, 11) is -3.01. The average Bonchev–Trinajstić information content (AvgIpc) is 2.98. The Morgan fingerprint density at radius 2 is 2.10 bits per heavy atom. The third-order valence-electron chi connectivity index (χ3n) is 3.14. The van der Waals surface area contributed by atoms with E-state index in [2.05, 4.69) is 17.2 Å². The zero-order valence-electron chi connectivity index (χ0n) is 11.5. The molecule has 0 spiro atoms. The van der Waals surface area contributed by atoms with Crippen molar-refractivity contribution in [3.8, 4) is 10.6 Å². The summed E-state index contributed by atoms with van der Waals surface area (Å²) in [6, 6.07) is 10.1. The largest absolute Gasteiger partial charge is 0.396 e. The Bertz CT molecular complexity index is 861. The number of thiophene rings is 1. The summed E-state index contributed by atoms with van der Waals surface area (Å²) in [6.07, 6.45) is 2.90. The molecule has 5 nitrogen and oxygen atoms in total. The number of rotatable bonds is 4. The first-order chi connectivity index (χ1) is 9.92. The average molecular weight is 321 g/mol. The van der Waals surface area contributed by atoms with Gasteiger partial charge in [-0.05, 0) is 17.5 Å². The molecule has 0 unspecified atom stereocenters. The van der Waals surface area contributed by atoms with Crippen LogP contribution in [0.25, 0.3) is 20.7 Å². The minimum absolute atomic E-state index is 0.0555. The second-order valence-electron chi connectivity index (χ2n) is 4.97. The van der Waals surface area contributed by atoms with E-state index >= 15 is 0 Å². The third kappa shape index (κ3) is 3.08. The van der Waals surface area contributed by atoms with E-state index in [-0.39, 0.29) is 5.75 Å². The van der Waals surface area contributed by atoms with Crippen molar-refractivity contribution in [2.24, 2.45) is 0 Å². The number of benzene rings is 1. The van der Waals surface area contributed by atoms with E-state index in [1.54, 1.807) is 22.2 Å². The Morgan fingerprint density at radius 1 is 1.33 bits per heavy atom. The number of aromatic nitrogens is 2. The molecule has 0 aliphatic rings. The lowest BCUT2D eigenvalue weighted by atomic mass is 10.2. The van der Waals surface area contributed by atoms with Gasteiger partial charge in [-0.2, -0.15) is 5.10 Å². The number of hydrogen-bond acceptors (Lipinski definition) is 5. The van der Waals surface area contributed by atoms with Gasteiger partial charge in [0.2, 0.25) is 0 Å². The summed E-state index contributed by atoms with van der Waals surface area (Å²) in [6.45, 7) is 0.313. The molecule has 0 amide bonds. The molecular weight excluding hydrogens is 306 g/mol. The highest BCUT2D eigenvalue weighted by molar-refractivity contribution is 7.90. The van der Waals surface area contributed by atoms with Crippen LogP contribution in [0.3, 0.4) is 0 Å². The molecule has 3 aromatic rings. The first-order valence-corrected chi connectivity index (χ1v) is 9.30. The molecule has 110 valence electrons. The molecule has 0 aliphatic heterocycles. The number of hydrogen-bond donors (Lipinski definition) is 1. The van der Waals surface area contributed by atoms with Crippen LogP contribution in [-0.4, -0.2) is 30.2 Å². The maximum Gasteiger partial charge on any atom is 0.149 e. The molecule has 0 saturated heterocycles. The Kier molecular flexibility index (Phi) is 3.46. The molecule has 0 aliphatic carbocycles. The smallest absolute Gasteiger partial charge is 0.149 e. The zero-order valence-corrected chi connectivity index (χ0v) is 13.1. The molecule has 3 rings (SSSR count). The van der Waals surface area contributed by atoms with E-state index in [0.717, 1.165) is 10.3 Å². The number of sulfone groups is 1. The molecule has 0 fully saturated rings. The van der Waals surface area contributed by atoms with E-state index in [1.165, 1.54) is 11.0 Å². The fourth-order valence-corrected chi connectivity index (χ4v) is 3.69. The van der Waals surface area contributed by atoms with Crippen LogP contribution >= 0.6 is 11.3 Å². The summed E-state index contributed by atoms with van der Waals surface area (Å²) in [5.41, 5.74) is 7.29. The van der Waals surface area contributed by atoms with Crippen LogP contribution < -0.4 is 5.73 Å². The second kappa shape index (κ2) is 5.16. The number of nitrogens with two attached hydrogens (primary N) is 1. The van der Waals surface area contributed by atoms with Crippen LogP contribution in [0.5, 0.6) is 0 Å². The first kappa shape index (κ1) is 14.1. The van der Waals surface area contributed by atoms with Crippen LogP contribution in [0.4, 0.5) is 5.69 Å². The van der Waals surface area contributed by atoms with Crippen molar-refractivity contribution in [2.75, 3.05) is 17.7 Å². The summed E-state index contributed by atoms with van der Waals surface area (Å²) >= 11 is 1.63. The molecular formula is C14H15N3O2S2. The predicted molar refractivity (Wildman–Crippen MR) is 87.2 cm³/mol. The second-order valence-corrected chi connectivity index (χ2v) is 8.32. The van der Waals surface area contributed by atoms with Gasteiger partial charge in [-0.15, -0.1) is 11.3 Å². The summed E-state index contributed by atoms with van der Waals surface area (Å²) in [5.74, 6) is 0.0555. The Morgan fingerprint density at radius 3 is 2.81 bits per heavy atom. The molecule has 2 heterocycles. The van der Waals surface area contributed by atoms with Gasteiger partial charge in [0.05, 0.1) is 22.9 Å². The van der Waals surface area contributed by atoms with Gasteiger partial charge in [0.1, 0.15) is 15.5 Å². The molecule has 0 bridgehead atoms. The minimum atomic E-state index is -3.01. The molecule has 0 radical (unpaired) electrons. The minimum Gasteiger partial charge on any atom is -0.396 e. The Labute approximate surface area is 126 Å². The lowest BCUT2D eigenvalue weighted by Crippen LogP contribution is -2.11. The van der Waals surface area contributed by atoms with E-state index in [1.807, 2.05) is 18.2 Å². The van der Waals surface area contributed by atoms with E-state index in [4.69, 9.17) is 5.73 Å². The maximum atomic E-state index is 11.2. The lowest BCUT2D eigenvalue weighted by molar-refractivity contribution is 0.586. The Hall–Kier alpha value is -1.86. The number of nitrogens with zero attached hydrogens (tertiary/aromatic N) is 2. The number of nitrogen functional groups attached to an aromatic ring is 1. The summed E-state index contributed by atoms with van der Waals surface area (Å²) < 4.78 is 25.2. The number of fused-ring (bicyclic) bond motifs is 1. The molecule has 0 atom stereocenters. The first-order valence-electron chi connectivity index (χ1n) is 6.42. The fraction of sp³-hybridized carbons (Fsp3) is 0.214. The fourth-order valence-electron chi connectivity index (χ4n) is 2.10. The van der Waals surface area contributed by atoms with Gasteiger partial charge in [-0.3, -0.25) is 4.68 Å². The van der Waals surface area contributed by atoms with Crippen LogP contribution in [0.2, 0.25) is 0 Å². The monoisotopic (exact) mass is 321 g/mol. The third-order valence-corrected chi connectivity index (χ3v) is 5.19. The standard InChI is InChI=1S/C14H15N3O2S2/c1-21(18,19)7-6-17-9-11(15)14(16-17)13-8-10-4-2-3-5-12(10)20-13/h2-5,8-9H,6-7,15H2,1H3. The van der Waals surface area contributed by atoms with Crippen molar-refractivity contribution in [3.63, 3.8) is 0 Å². The van der Waals surface area contributed by atoms with E-state index in [0.29, 0.717) is 17.9 Å². The normalized spacial score (nSPS) is 12.0. The van der Waals surface area contributed by atoms with Crippen LogP contribution in [0, 0.1) is 0 Å². The molecule has 7 heteroatoms. The van der Waals surface area contributed by atoms with Crippen molar-refractivity contribution in [3.05, 3.63) is 36.5 Å². The lowest BCUT2D eigenvalue weighted by Gasteiger charge is -1.98. The van der Waals surface area contributed by atoms with E-state index in [9.17, 15) is 8.42 Å². The molecule has 0 saturated carbocycles. The summed E-state index contributed by atoms with van der Waals surface area (Å²) in [4.78, 5) is 0.992. The topological polar surface area (TPSA) is 78.0 Å². The van der Waals surface area contributed by atoms with Gasteiger partial charge in [-0.25, -0.2) is 8.42 Å². The Balaban J connectivity index is 1.93. The van der Waals surface area contributed by atoms with Crippen molar-refractivity contribution < 1.29 is 8.42 Å². The molecule has 1 aromatic carbocycles. The molecule has 2 aromatic heterocycles. The van der Waals surface area contributed by atoms with Crippen molar-refractivity contribution in [1.29, 1.82) is 0 Å². The summed E-state index contributed by atoms with van der Waals surface area (Å²) in [5, 5.41) is 5.57. The molecule has 21 heavy (non-hydrogen) atoms. The highest BCUT2D eigenvalue weighted by Gasteiger charge is 2.13.